The van der Waals surface area contributed by atoms with Gasteiger partial charge in [0.15, 0.2) is 0 Å². The van der Waals surface area contributed by atoms with Crippen LogP contribution in [0, 0.1) is 5.92 Å². The quantitative estimate of drug-likeness (QED) is 0.839. The number of rotatable bonds is 2. The molecule has 3 heterocycles. The monoisotopic (exact) mass is 271 g/mol. The van der Waals surface area contributed by atoms with Crippen LogP contribution in [0.1, 0.15) is 24.9 Å². The first-order valence-electron chi connectivity index (χ1n) is 6.57. The summed E-state index contributed by atoms with van der Waals surface area (Å²) in [6, 6.07) is 4.20. The molecule has 2 aromatic heterocycles. The molecule has 1 saturated heterocycles. The average Bonchev–Trinajstić information content (AvgIpc) is 2.81. The Morgan fingerprint density at radius 3 is 2.60 bits per heavy atom. The molecular weight excluding hydrogens is 254 g/mol. The van der Waals surface area contributed by atoms with E-state index >= 15 is 0 Å². The van der Waals surface area contributed by atoms with E-state index in [1.165, 1.54) is 0 Å². The fraction of sp³-hybridized carbons (Fsp3) is 0.385. The SMILES string of the molecule is CC1CC(c2cccnc2)N(c2nc(N)nc(N)n2)C1. The van der Waals surface area contributed by atoms with E-state index in [1.807, 2.05) is 12.3 Å². The molecule has 1 aliphatic rings. The Morgan fingerprint density at radius 2 is 1.95 bits per heavy atom. The molecule has 0 aliphatic carbocycles. The third kappa shape index (κ3) is 2.34. The normalized spacial score (nSPS) is 22.1. The van der Waals surface area contributed by atoms with Gasteiger partial charge in [-0.05, 0) is 24.0 Å². The predicted molar refractivity (Wildman–Crippen MR) is 76.8 cm³/mol. The van der Waals surface area contributed by atoms with Crippen LogP contribution in [-0.4, -0.2) is 26.5 Å². The number of nitrogens with two attached hydrogens (primary N) is 2. The Balaban J connectivity index is 1.98. The van der Waals surface area contributed by atoms with Crippen molar-refractivity contribution in [1.29, 1.82) is 0 Å². The Bertz CT molecular complexity index is 581. The average molecular weight is 271 g/mol. The van der Waals surface area contributed by atoms with E-state index < -0.39 is 0 Å². The van der Waals surface area contributed by atoms with Gasteiger partial charge >= 0.3 is 0 Å². The van der Waals surface area contributed by atoms with Crippen LogP contribution < -0.4 is 16.4 Å². The molecule has 7 nitrogen and oxygen atoms in total. The third-order valence-electron chi connectivity index (χ3n) is 3.49. The summed E-state index contributed by atoms with van der Waals surface area (Å²) in [6.45, 7) is 3.07. The minimum atomic E-state index is 0.150. The minimum absolute atomic E-state index is 0.150. The largest absolute Gasteiger partial charge is 0.368 e. The molecule has 1 fully saturated rings. The van der Waals surface area contributed by atoms with Gasteiger partial charge in [0.1, 0.15) is 0 Å². The number of anilines is 3. The lowest BCUT2D eigenvalue weighted by Crippen LogP contribution is -2.26. The zero-order valence-electron chi connectivity index (χ0n) is 11.3. The van der Waals surface area contributed by atoms with Crippen LogP contribution in [-0.2, 0) is 0 Å². The highest BCUT2D eigenvalue weighted by molar-refractivity contribution is 5.43. The maximum Gasteiger partial charge on any atom is 0.232 e. The van der Waals surface area contributed by atoms with E-state index in [1.54, 1.807) is 6.20 Å². The van der Waals surface area contributed by atoms with Crippen molar-refractivity contribution >= 4 is 17.8 Å². The van der Waals surface area contributed by atoms with Crippen molar-refractivity contribution in [3.63, 3.8) is 0 Å². The van der Waals surface area contributed by atoms with Crippen molar-refractivity contribution in [2.75, 3.05) is 22.9 Å². The van der Waals surface area contributed by atoms with Crippen LogP contribution in [0.2, 0.25) is 0 Å². The first-order valence-corrected chi connectivity index (χ1v) is 6.57. The molecule has 2 aromatic rings. The van der Waals surface area contributed by atoms with E-state index in [2.05, 4.69) is 37.8 Å². The van der Waals surface area contributed by atoms with Crippen molar-refractivity contribution in [1.82, 2.24) is 19.9 Å². The highest BCUT2D eigenvalue weighted by Crippen LogP contribution is 2.37. The standard InChI is InChI=1S/C13H17N7/c1-8-5-10(9-3-2-4-16-6-9)20(7-8)13-18-11(14)17-12(15)19-13/h2-4,6,8,10H,5,7H2,1H3,(H4,14,15,17,18,19). The van der Waals surface area contributed by atoms with Gasteiger partial charge in [-0.1, -0.05) is 13.0 Å². The Labute approximate surface area is 117 Å². The number of nitrogen functional groups attached to an aromatic ring is 2. The summed E-state index contributed by atoms with van der Waals surface area (Å²) >= 11 is 0. The minimum Gasteiger partial charge on any atom is -0.368 e. The number of hydrogen-bond acceptors (Lipinski definition) is 7. The topological polar surface area (TPSA) is 107 Å². The second kappa shape index (κ2) is 4.92. The lowest BCUT2D eigenvalue weighted by Gasteiger charge is -2.24. The van der Waals surface area contributed by atoms with Gasteiger partial charge in [0.25, 0.3) is 0 Å². The molecule has 0 saturated carbocycles. The van der Waals surface area contributed by atoms with Crippen LogP contribution >= 0.6 is 0 Å². The van der Waals surface area contributed by atoms with Gasteiger partial charge in [-0.25, -0.2) is 0 Å². The molecule has 7 heteroatoms. The Hall–Kier alpha value is -2.44. The summed E-state index contributed by atoms with van der Waals surface area (Å²) in [6.07, 6.45) is 4.67. The Kier molecular flexibility index (Phi) is 3.09. The molecule has 20 heavy (non-hydrogen) atoms. The van der Waals surface area contributed by atoms with E-state index in [-0.39, 0.29) is 17.9 Å². The molecule has 4 N–H and O–H groups in total. The van der Waals surface area contributed by atoms with Crippen molar-refractivity contribution in [3.05, 3.63) is 30.1 Å². The smallest absolute Gasteiger partial charge is 0.232 e. The lowest BCUT2D eigenvalue weighted by atomic mass is 10.0. The summed E-state index contributed by atoms with van der Waals surface area (Å²) in [7, 11) is 0. The summed E-state index contributed by atoms with van der Waals surface area (Å²) < 4.78 is 0. The molecule has 1 aliphatic heterocycles. The number of nitrogens with zero attached hydrogens (tertiary/aromatic N) is 5. The van der Waals surface area contributed by atoms with Gasteiger partial charge in [0.05, 0.1) is 6.04 Å². The van der Waals surface area contributed by atoms with E-state index in [0.717, 1.165) is 18.5 Å². The van der Waals surface area contributed by atoms with Crippen LogP contribution in [0.5, 0.6) is 0 Å². The molecule has 0 amide bonds. The van der Waals surface area contributed by atoms with Gasteiger partial charge < -0.3 is 16.4 Å². The second-order valence-electron chi connectivity index (χ2n) is 5.15. The second-order valence-corrected chi connectivity index (χ2v) is 5.15. The molecule has 0 radical (unpaired) electrons. The maximum atomic E-state index is 5.66. The number of pyridine rings is 1. The fourth-order valence-corrected chi connectivity index (χ4v) is 2.68. The number of aromatic nitrogens is 4. The molecule has 0 spiro atoms. The van der Waals surface area contributed by atoms with Gasteiger partial charge in [0.2, 0.25) is 17.8 Å². The van der Waals surface area contributed by atoms with Crippen LogP contribution in [0.3, 0.4) is 0 Å². The fourth-order valence-electron chi connectivity index (χ4n) is 2.68. The molecule has 0 aromatic carbocycles. The van der Waals surface area contributed by atoms with Crippen LogP contribution in [0.25, 0.3) is 0 Å². The zero-order chi connectivity index (χ0) is 14.1. The summed E-state index contributed by atoms with van der Waals surface area (Å²) in [5.74, 6) is 1.38. The predicted octanol–water partition coefficient (Wildman–Crippen LogP) is 1.02. The lowest BCUT2D eigenvalue weighted by molar-refractivity contribution is 0.616. The summed E-state index contributed by atoms with van der Waals surface area (Å²) in [5.41, 5.74) is 12.5. The highest BCUT2D eigenvalue weighted by Gasteiger charge is 2.33. The van der Waals surface area contributed by atoms with Crippen LogP contribution in [0.15, 0.2) is 24.5 Å². The van der Waals surface area contributed by atoms with E-state index in [4.69, 9.17) is 11.5 Å². The third-order valence-corrected chi connectivity index (χ3v) is 3.49. The van der Waals surface area contributed by atoms with Crippen molar-refractivity contribution in [2.45, 2.75) is 19.4 Å². The Morgan fingerprint density at radius 1 is 1.20 bits per heavy atom. The first-order chi connectivity index (χ1) is 9.63. The maximum absolute atomic E-state index is 5.66. The molecule has 2 atom stereocenters. The molecule has 0 bridgehead atoms. The van der Waals surface area contributed by atoms with Crippen molar-refractivity contribution < 1.29 is 0 Å². The van der Waals surface area contributed by atoms with Gasteiger partial charge in [0, 0.05) is 18.9 Å². The molecular formula is C13H17N7. The van der Waals surface area contributed by atoms with Crippen molar-refractivity contribution in [2.24, 2.45) is 5.92 Å². The van der Waals surface area contributed by atoms with Gasteiger partial charge in [-0.15, -0.1) is 0 Å². The molecule has 104 valence electrons. The zero-order valence-corrected chi connectivity index (χ0v) is 11.3. The van der Waals surface area contributed by atoms with Gasteiger partial charge in [-0.2, -0.15) is 15.0 Å². The van der Waals surface area contributed by atoms with E-state index in [0.29, 0.717) is 11.9 Å². The summed E-state index contributed by atoms with van der Waals surface area (Å²) in [4.78, 5) is 18.5. The number of hydrogen-bond donors (Lipinski definition) is 2. The van der Waals surface area contributed by atoms with E-state index in [9.17, 15) is 0 Å². The van der Waals surface area contributed by atoms with Crippen LogP contribution in [0.4, 0.5) is 17.8 Å². The first kappa shape index (κ1) is 12.6. The summed E-state index contributed by atoms with van der Waals surface area (Å²) in [5, 5.41) is 0. The highest BCUT2D eigenvalue weighted by atomic mass is 15.3. The van der Waals surface area contributed by atoms with Gasteiger partial charge in [-0.3, -0.25) is 4.98 Å². The molecule has 3 rings (SSSR count). The van der Waals surface area contributed by atoms with Crippen molar-refractivity contribution in [3.8, 4) is 0 Å². The molecule has 2 unspecified atom stereocenters.